The SMILES string of the molecule is C=CCCC(=O)N(C)[C@H](C)[C@H](OC(=O)[C@@H]1[C@H]2O[C@@]3(CC2Br)[C@H](C(=O)N(CC=C)CCN2CCOCC2)N([C@H](C)CO)C(=O)[C@@H]13)c1ccccc1. The number of fused-ring (bicyclic) bond motifs is 1. The van der Waals surface area contributed by atoms with E-state index in [-0.39, 0.29) is 36.2 Å². The largest absolute Gasteiger partial charge is 0.455 e. The van der Waals surface area contributed by atoms with Gasteiger partial charge in [-0.25, -0.2) is 0 Å². The maximum absolute atomic E-state index is 14.7. The molecule has 0 aromatic heterocycles. The number of aliphatic hydroxyl groups is 1. The Morgan fingerprint density at radius 3 is 2.50 bits per heavy atom. The summed E-state index contributed by atoms with van der Waals surface area (Å²) >= 11 is 3.73. The number of esters is 1. The normalized spacial score (nSPS) is 29.2. The van der Waals surface area contributed by atoms with Crippen molar-refractivity contribution >= 4 is 39.6 Å². The van der Waals surface area contributed by atoms with E-state index < -0.39 is 59.6 Å². The molecule has 9 atom stereocenters. The van der Waals surface area contributed by atoms with Crippen molar-refractivity contribution in [1.82, 2.24) is 19.6 Å². The van der Waals surface area contributed by atoms with Crippen molar-refractivity contribution in [3.05, 3.63) is 61.2 Å². The van der Waals surface area contributed by atoms with E-state index in [0.717, 1.165) is 13.1 Å². The number of hydrogen-bond acceptors (Lipinski definition) is 9. The van der Waals surface area contributed by atoms with Crippen molar-refractivity contribution in [2.45, 2.75) is 73.9 Å². The first-order valence-corrected chi connectivity index (χ1v) is 18.5. The molecule has 1 spiro atoms. The summed E-state index contributed by atoms with van der Waals surface area (Å²) in [5, 5.41) is 10.3. The lowest BCUT2D eigenvalue weighted by Gasteiger charge is -2.39. The molecule has 1 N–H and O–H groups in total. The molecule has 0 aliphatic carbocycles. The van der Waals surface area contributed by atoms with E-state index in [1.807, 2.05) is 37.3 Å². The quantitative estimate of drug-likeness (QED) is 0.154. The maximum atomic E-state index is 14.7. The standard InChI is InChI=1S/C37H51BrN4O8/c1-6-8-14-28(44)39(5)25(4)31(26-12-10-9-11-13-26)49-36(47)29-30-34(45)42(24(3)23-43)33(37(30)22-27(38)32(29)50-37)35(46)41(15-7-2)17-16-40-18-20-48-21-19-40/h6-7,9-13,24-25,27,29-33,43H,1-2,8,14-23H2,3-5H3/t24-,25-,27?,29+,30-,31+,32+,33+,37-/m1/s1. The van der Waals surface area contributed by atoms with E-state index in [2.05, 4.69) is 34.0 Å². The maximum Gasteiger partial charge on any atom is 0.313 e. The molecule has 3 amide bonds. The van der Waals surface area contributed by atoms with Gasteiger partial charge in [0.1, 0.15) is 17.7 Å². The number of likely N-dealkylation sites (tertiary alicyclic amines) is 1. The number of allylic oxidation sites excluding steroid dienone is 1. The minimum Gasteiger partial charge on any atom is -0.455 e. The molecule has 1 aromatic carbocycles. The average Bonchev–Trinajstić information content (AvgIpc) is 3.73. The van der Waals surface area contributed by atoms with Gasteiger partial charge in [0.05, 0.1) is 49.8 Å². The lowest BCUT2D eigenvalue weighted by Crippen LogP contribution is -2.59. The highest BCUT2D eigenvalue weighted by Gasteiger charge is 2.77. The van der Waals surface area contributed by atoms with Crippen LogP contribution in [0.5, 0.6) is 0 Å². The highest BCUT2D eigenvalue weighted by molar-refractivity contribution is 9.09. The van der Waals surface area contributed by atoms with Crippen LogP contribution < -0.4 is 0 Å². The van der Waals surface area contributed by atoms with Gasteiger partial charge in [-0.1, -0.05) is 58.4 Å². The topological polar surface area (TPSA) is 129 Å². The van der Waals surface area contributed by atoms with Crippen molar-refractivity contribution < 1.29 is 38.5 Å². The van der Waals surface area contributed by atoms with E-state index in [1.54, 1.807) is 35.9 Å². The van der Waals surface area contributed by atoms with Crippen molar-refractivity contribution in [2.24, 2.45) is 11.8 Å². The molecule has 13 heteroatoms. The van der Waals surface area contributed by atoms with Gasteiger partial charge in [-0.3, -0.25) is 24.1 Å². The molecule has 0 saturated carbocycles. The van der Waals surface area contributed by atoms with Crippen LogP contribution in [0.25, 0.3) is 0 Å². The summed E-state index contributed by atoms with van der Waals surface area (Å²) in [4.78, 5) is 63.3. The Bertz CT molecular complexity index is 1410. The number of hydrogen-bond donors (Lipinski definition) is 1. The zero-order valence-electron chi connectivity index (χ0n) is 29.3. The number of nitrogens with zero attached hydrogens (tertiary/aromatic N) is 4. The number of ether oxygens (including phenoxy) is 3. The molecule has 4 aliphatic rings. The van der Waals surface area contributed by atoms with Gasteiger partial charge >= 0.3 is 5.97 Å². The van der Waals surface area contributed by atoms with Crippen molar-refractivity contribution in [3.63, 3.8) is 0 Å². The third kappa shape index (κ3) is 7.30. The predicted octanol–water partition coefficient (Wildman–Crippen LogP) is 2.56. The number of amides is 3. The van der Waals surface area contributed by atoms with Gasteiger partial charge < -0.3 is 34.0 Å². The molecule has 274 valence electrons. The number of likely N-dealkylation sites (N-methyl/N-ethyl adjacent to an activating group) is 1. The number of morpholine rings is 1. The Kier molecular flexibility index (Phi) is 12.6. The second-order valence-corrected chi connectivity index (χ2v) is 15.0. The smallest absolute Gasteiger partial charge is 0.313 e. The van der Waals surface area contributed by atoms with Gasteiger partial charge in [0, 0.05) is 51.0 Å². The molecule has 1 unspecified atom stereocenters. The second-order valence-electron chi connectivity index (χ2n) is 13.8. The Labute approximate surface area is 303 Å². The Morgan fingerprint density at radius 1 is 1.16 bits per heavy atom. The molecular weight excluding hydrogens is 708 g/mol. The molecule has 2 bridgehead atoms. The van der Waals surface area contributed by atoms with Crippen molar-refractivity contribution in [3.8, 4) is 0 Å². The first kappa shape index (κ1) is 38.1. The molecule has 0 radical (unpaired) electrons. The summed E-state index contributed by atoms with van der Waals surface area (Å²) in [6.07, 6.45) is 2.90. The number of carbonyl (C=O) groups excluding carboxylic acids is 4. The Hall–Kier alpha value is -3.10. The lowest BCUT2D eigenvalue weighted by atomic mass is 9.70. The number of rotatable bonds is 16. The summed E-state index contributed by atoms with van der Waals surface area (Å²) in [5.74, 6) is -3.49. The second kappa shape index (κ2) is 16.5. The fourth-order valence-corrected chi connectivity index (χ4v) is 8.95. The van der Waals surface area contributed by atoms with E-state index in [0.29, 0.717) is 44.7 Å². The lowest BCUT2D eigenvalue weighted by molar-refractivity contribution is -0.165. The van der Waals surface area contributed by atoms with Gasteiger partial charge in [0.15, 0.2) is 0 Å². The fourth-order valence-electron chi connectivity index (χ4n) is 8.01. The number of aliphatic hydroxyl groups excluding tert-OH is 1. The minimum atomic E-state index is -1.32. The summed E-state index contributed by atoms with van der Waals surface area (Å²) in [7, 11) is 1.68. The Morgan fingerprint density at radius 2 is 1.86 bits per heavy atom. The van der Waals surface area contributed by atoms with Crippen LogP contribution in [0.4, 0.5) is 0 Å². The molecule has 4 heterocycles. The van der Waals surface area contributed by atoms with Crippen LogP contribution >= 0.6 is 15.9 Å². The molecule has 4 saturated heterocycles. The van der Waals surface area contributed by atoms with E-state index in [1.165, 1.54) is 4.90 Å². The summed E-state index contributed by atoms with van der Waals surface area (Å²) < 4.78 is 18.5. The summed E-state index contributed by atoms with van der Waals surface area (Å²) in [6, 6.07) is 6.91. The van der Waals surface area contributed by atoms with Crippen LogP contribution in [0.2, 0.25) is 0 Å². The molecule has 5 rings (SSSR count). The van der Waals surface area contributed by atoms with Crippen LogP contribution in [0, 0.1) is 11.8 Å². The van der Waals surface area contributed by atoms with Gasteiger partial charge in [0.2, 0.25) is 17.7 Å². The molecule has 50 heavy (non-hydrogen) atoms. The van der Waals surface area contributed by atoms with Crippen molar-refractivity contribution in [1.29, 1.82) is 0 Å². The Balaban J connectivity index is 1.46. The monoisotopic (exact) mass is 758 g/mol. The van der Waals surface area contributed by atoms with Gasteiger partial charge in [0.25, 0.3) is 0 Å². The van der Waals surface area contributed by atoms with Crippen LogP contribution in [0.3, 0.4) is 0 Å². The van der Waals surface area contributed by atoms with Gasteiger partial charge in [-0.15, -0.1) is 13.2 Å². The van der Waals surface area contributed by atoms with Crippen LogP contribution in [-0.4, -0.2) is 143 Å². The molecule has 1 aromatic rings. The third-order valence-corrected chi connectivity index (χ3v) is 11.6. The fraction of sp³-hybridized carbons (Fsp3) is 0.622. The number of halogens is 1. The van der Waals surface area contributed by atoms with E-state index in [4.69, 9.17) is 14.2 Å². The highest BCUT2D eigenvalue weighted by Crippen LogP contribution is 2.61. The molecule has 4 aliphatic heterocycles. The molecule has 4 fully saturated rings. The van der Waals surface area contributed by atoms with Crippen molar-refractivity contribution in [2.75, 3.05) is 59.6 Å². The number of alkyl halides is 1. The minimum absolute atomic E-state index is 0.115. The summed E-state index contributed by atoms with van der Waals surface area (Å²) in [5.41, 5.74) is -0.614. The molecule has 12 nitrogen and oxygen atoms in total. The van der Waals surface area contributed by atoms with E-state index in [9.17, 15) is 24.3 Å². The van der Waals surface area contributed by atoms with Crippen LogP contribution in [0.15, 0.2) is 55.6 Å². The van der Waals surface area contributed by atoms with Gasteiger partial charge in [-0.2, -0.15) is 0 Å². The number of carbonyl (C=O) groups is 4. The first-order chi connectivity index (χ1) is 24.0. The zero-order chi connectivity index (χ0) is 36.2. The summed E-state index contributed by atoms with van der Waals surface area (Å²) in [6.45, 7) is 14.8. The predicted molar refractivity (Wildman–Crippen MR) is 190 cm³/mol. The number of benzene rings is 1. The van der Waals surface area contributed by atoms with E-state index >= 15 is 0 Å². The first-order valence-electron chi connectivity index (χ1n) is 17.6. The van der Waals surface area contributed by atoms with Crippen LogP contribution in [0.1, 0.15) is 44.8 Å². The zero-order valence-corrected chi connectivity index (χ0v) is 30.9. The van der Waals surface area contributed by atoms with Gasteiger partial charge in [-0.05, 0) is 32.3 Å². The molecular formula is C37H51BrN4O8. The highest BCUT2D eigenvalue weighted by atomic mass is 79.9. The third-order valence-electron chi connectivity index (χ3n) is 10.8. The van der Waals surface area contributed by atoms with Crippen LogP contribution in [-0.2, 0) is 33.4 Å². The average molecular weight is 760 g/mol.